The fourth-order valence-corrected chi connectivity index (χ4v) is 5.10. The number of nitrogens with zero attached hydrogens (tertiary/aromatic N) is 3. The summed E-state index contributed by atoms with van der Waals surface area (Å²) in [6.45, 7) is 0. The maximum atomic E-state index is 12.4. The van der Waals surface area contributed by atoms with Gasteiger partial charge >= 0.3 is 0 Å². The first-order valence-electron chi connectivity index (χ1n) is 9.82. The number of nitrogens with one attached hydrogen (secondary N) is 1. The molecule has 0 aliphatic heterocycles. The number of anilines is 2. The normalized spacial score (nSPS) is 15.5. The SMILES string of the molecule is COc1cc(Nc2nc3c(s2)CC(=O)CC3c2ccccc2)ccc1-n1cnc(Cl)c1. The summed E-state index contributed by atoms with van der Waals surface area (Å²) in [7, 11) is 1.62. The van der Waals surface area contributed by atoms with E-state index < -0.39 is 0 Å². The standard InChI is InChI=1S/C23H19ClN4O2S/c1-30-19-9-15(7-8-18(19)28-12-21(24)25-13-28)26-23-27-22-17(14-5-3-2-4-6-14)10-16(29)11-20(22)31-23/h2-9,12-13,17H,10-11H2,1H3,(H,26,27). The number of thiazole rings is 1. The molecule has 0 radical (unpaired) electrons. The minimum absolute atomic E-state index is 0.00662. The van der Waals surface area contributed by atoms with E-state index in [1.54, 1.807) is 19.6 Å². The lowest BCUT2D eigenvalue weighted by molar-refractivity contribution is -0.119. The Morgan fingerprint density at radius 3 is 2.81 bits per heavy atom. The van der Waals surface area contributed by atoms with Crippen LogP contribution >= 0.6 is 22.9 Å². The second-order valence-electron chi connectivity index (χ2n) is 7.33. The zero-order valence-corrected chi connectivity index (χ0v) is 18.3. The molecule has 8 heteroatoms. The minimum atomic E-state index is 0.00662. The highest BCUT2D eigenvalue weighted by molar-refractivity contribution is 7.15. The van der Waals surface area contributed by atoms with Gasteiger partial charge in [-0.25, -0.2) is 9.97 Å². The number of fused-ring (bicyclic) bond motifs is 1. The van der Waals surface area contributed by atoms with Crippen LogP contribution in [0, 0.1) is 0 Å². The van der Waals surface area contributed by atoms with E-state index in [4.69, 9.17) is 21.3 Å². The van der Waals surface area contributed by atoms with Crippen molar-refractivity contribution in [2.24, 2.45) is 0 Å². The summed E-state index contributed by atoms with van der Waals surface area (Å²) >= 11 is 7.48. The predicted molar refractivity (Wildman–Crippen MR) is 122 cm³/mol. The Balaban J connectivity index is 1.44. The average molecular weight is 451 g/mol. The number of Topliss-reactive ketones (excluding diaryl/α,β-unsaturated/α-hetero) is 1. The van der Waals surface area contributed by atoms with E-state index in [0.717, 1.165) is 32.6 Å². The lowest BCUT2D eigenvalue weighted by Crippen LogP contribution is -2.18. The Bertz CT molecular complexity index is 1250. The molecule has 5 rings (SSSR count). The van der Waals surface area contributed by atoms with Gasteiger partial charge in [-0.2, -0.15) is 0 Å². The van der Waals surface area contributed by atoms with Crippen LogP contribution in [-0.2, 0) is 11.2 Å². The van der Waals surface area contributed by atoms with Gasteiger partial charge in [0.2, 0.25) is 0 Å². The van der Waals surface area contributed by atoms with Crippen LogP contribution in [0.5, 0.6) is 5.75 Å². The summed E-state index contributed by atoms with van der Waals surface area (Å²) in [5.41, 5.74) is 3.80. The highest BCUT2D eigenvalue weighted by Gasteiger charge is 2.30. The summed E-state index contributed by atoms with van der Waals surface area (Å²) in [5, 5.41) is 4.55. The van der Waals surface area contributed by atoms with Crippen LogP contribution in [0.3, 0.4) is 0 Å². The van der Waals surface area contributed by atoms with E-state index >= 15 is 0 Å². The predicted octanol–water partition coefficient (Wildman–Crippen LogP) is 5.38. The number of carbonyl (C=O) groups excluding carboxylic acids is 1. The summed E-state index contributed by atoms with van der Waals surface area (Å²) in [6, 6.07) is 15.9. The van der Waals surface area contributed by atoms with E-state index in [2.05, 4.69) is 22.4 Å². The Labute approximate surface area is 188 Å². The first-order chi connectivity index (χ1) is 15.1. The number of ketones is 1. The first kappa shape index (κ1) is 19.8. The van der Waals surface area contributed by atoms with E-state index in [1.807, 2.05) is 41.0 Å². The molecular formula is C23H19ClN4O2S. The van der Waals surface area contributed by atoms with Gasteiger partial charge in [0.25, 0.3) is 0 Å². The van der Waals surface area contributed by atoms with Crippen molar-refractivity contribution in [1.82, 2.24) is 14.5 Å². The number of imidazole rings is 1. The Morgan fingerprint density at radius 1 is 1.23 bits per heavy atom. The molecule has 0 amide bonds. The van der Waals surface area contributed by atoms with Crippen molar-refractivity contribution >= 4 is 39.5 Å². The van der Waals surface area contributed by atoms with Crippen LogP contribution < -0.4 is 10.1 Å². The van der Waals surface area contributed by atoms with Gasteiger partial charge in [0, 0.05) is 41.6 Å². The average Bonchev–Trinajstić information content (AvgIpc) is 3.39. The third kappa shape index (κ3) is 3.94. The van der Waals surface area contributed by atoms with Crippen molar-refractivity contribution in [3.63, 3.8) is 0 Å². The number of hydrogen-bond donors (Lipinski definition) is 1. The van der Waals surface area contributed by atoms with Crippen LogP contribution in [0.2, 0.25) is 5.15 Å². The smallest absolute Gasteiger partial charge is 0.187 e. The Hall–Kier alpha value is -3.16. The Morgan fingerprint density at radius 2 is 2.06 bits per heavy atom. The highest BCUT2D eigenvalue weighted by Crippen LogP contribution is 2.40. The number of aromatic nitrogens is 3. The van der Waals surface area contributed by atoms with Gasteiger partial charge in [-0.05, 0) is 17.7 Å². The molecule has 1 unspecified atom stereocenters. The number of hydrogen-bond acceptors (Lipinski definition) is 6. The topological polar surface area (TPSA) is 69.0 Å². The summed E-state index contributed by atoms with van der Waals surface area (Å²) in [4.78, 5) is 22.3. The second kappa shape index (κ2) is 8.17. The largest absolute Gasteiger partial charge is 0.494 e. The molecular weight excluding hydrogens is 432 g/mol. The molecule has 1 aliphatic rings. The van der Waals surface area contributed by atoms with Gasteiger partial charge in [0.1, 0.15) is 23.0 Å². The van der Waals surface area contributed by atoms with Gasteiger partial charge in [0.15, 0.2) is 5.13 Å². The highest BCUT2D eigenvalue weighted by atomic mass is 35.5. The number of carbonyl (C=O) groups is 1. The number of rotatable bonds is 5. The quantitative estimate of drug-likeness (QED) is 0.442. The summed E-state index contributed by atoms with van der Waals surface area (Å²) in [5.74, 6) is 0.937. The number of methoxy groups -OCH3 is 1. The fraction of sp³-hybridized carbons (Fsp3) is 0.174. The summed E-state index contributed by atoms with van der Waals surface area (Å²) < 4.78 is 7.37. The molecule has 2 aromatic heterocycles. The van der Waals surface area contributed by atoms with Gasteiger partial charge in [-0.1, -0.05) is 41.9 Å². The number of ether oxygens (including phenoxy) is 1. The number of halogens is 1. The molecule has 31 heavy (non-hydrogen) atoms. The third-order valence-corrected chi connectivity index (χ3v) is 6.49. The monoisotopic (exact) mass is 450 g/mol. The molecule has 156 valence electrons. The van der Waals surface area contributed by atoms with Crippen LogP contribution in [0.4, 0.5) is 10.8 Å². The maximum absolute atomic E-state index is 12.4. The van der Waals surface area contributed by atoms with Gasteiger partial charge in [0.05, 0.1) is 18.5 Å². The molecule has 6 nitrogen and oxygen atoms in total. The second-order valence-corrected chi connectivity index (χ2v) is 8.80. The minimum Gasteiger partial charge on any atom is -0.494 e. The van der Waals surface area contributed by atoms with Crippen LogP contribution in [0.1, 0.15) is 28.5 Å². The third-order valence-electron chi connectivity index (χ3n) is 5.31. The van der Waals surface area contributed by atoms with Crippen molar-refractivity contribution < 1.29 is 9.53 Å². The van der Waals surface area contributed by atoms with Gasteiger partial charge < -0.3 is 14.6 Å². The first-order valence-corrected chi connectivity index (χ1v) is 11.0. The molecule has 0 fully saturated rings. The molecule has 1 atom stereocenters. The van der Waals surface area contributed by atoms with Crippen LogP contribution in [0.25, 0.3) is 5.69 Å². The van der Waals surface area contributed by atoms with Crippen molar-refractivity contribution in [2.75, 3.05) is 12.4 Å². The van der Waals surface area contributed by atoms with E-state index in [9.17, 15) is 4.79 Å². The van der Waals surface area contributed by atoms with E-state index in [1.165, 1.54) is 11.3 Å². The van der Waals surface area contributed by atoms with E-state index in [-0.39, 0.29) is 11.7 Å². The van der Waals surface area contributed by atoms with E-state index in [0.29, 0.717) is 23.7 Å². The number of benzene rings is 2. The molecule has 4 aromatic rings. The molecule has 1 aliphatic carbocycles. The van der Waals surface area contributed by atoms with Crippen molar-refractivity contribution in [2.45, 2.75) is 18.8 Å². The lowest BCUT2D eigenvalue weighted by atomic mass is 9.85. The van der Waals surface area contributed by atoms with Crippen molar-refractivity contribution in [3.05, 3.63) is 82.3 Å². The molecule has 1 N–H and O–H groups in total. The molecule has 0 spiro atoms. The van der Waals surface area contributed by atoms with Crippen LogP contribution in [0.15, 0.2) is 61.1 Å². The summed E-state index contributed by atoms with van der Waals surface area (Å²) in [6.07, 6.45) is 4.31. The van der Waals surface area contributed by atoms with Crippen LogP contribution in [-0.4, -0.2) is 27.4 Å². The molecule has 0 saturated carbocycles. The molecule has 2 aromatic carbocycles. The van der Waals surface area contributed by atoms with Crippen molar-refractivity contribution in [1.29, 1.82) is 0 Å². The fourth-order valence-electron chi connectivity index (χ4n) is 3.88. The van der Waals surface area contributed by atoms with Crippen molar-refractivity contribution in [3.8, 4) is 11.4 Å². The lowest BCUT2D eigenvalue weighted by Gasteiger charge is -2.20. The Kier molecular flexibility index (Phi) is 5.21. The zero-order valence-electron chi connectivity index (χ0n) is 16.7. The van der Waals surface area contributed by atoms with Gasteiger partial charge in [-0.15, -0.1) is 11.3 Å². The van der Waals surface area contributed by atoms with Gasteiger partial charge in [-0.3, -0.25) is 4.79 Å². The molecule has 0 bridgehead atoms. The maximum Gasteiger partial charge on any atom is 0.187 e. The molecule has 0 saturated heterocycles. The zero-order chi connectivity index (χ0) is 21.4. The molecule has 2 heterocycles.